The molecule has 6 rings (SSSR count). The fraction of sp³-hybridized carbons (Fsp3) is 0.333. The van der Waals surface area contributed by atoms with E-state index in [0.29, 0.717) is 11.8 Å². The molecule has 0 N–H and O–H groups in total. The van der Waals surface area contributed by atoms with Crippen LogP contribution < -0.4 is 10.4 Å². The predicted molar refractivity (Wildman–Crippen MR) is 197 cm³/mol. The van der Waals surface area contributed by atoms with Crippen molar-refractivity contribution in [1.82, 2.24) is 0 Å². The summed E-state index contributed by atoms with van der Waals surface area (Å²) in [5.41, 5.74) is 16.3. The molecule has 0 heteroatoms. The molecule has 45 heavy (non-hydrogen) atoms. The smallest absolute Gasteiger partial charge is 0.00354 e. The van der Waals surface area contributed by atoms with Gasteiger partial charge in [-0.05, 0) is 118 Å². The highest BCUT2D eigenvalue weighted by atomic mass is 14.3. The summed E-state index contributed by atoms with van der Waals surface area (Å²) in [6, 6.07) is 28.4. The summed E-state index contributed by atoms with van der Waals surface area (Å²) in [5, 5.41) is 2.73. The zero-order chi connectivity index (χ0) is 32.3. The third-order valence-corrected chi connectivity index (χ3v) is 9.72. The third-order valence-electron chi connectivity index (χ3n) is 9.72. The van der Waals surface area contributed by atoms with Gasteiger partial charge in [0.2, 0.25) is 0 Å². The van der Waals surface area contributed by atoms with Gasteiger partial charge in [-0.3, -0.25) is 0 Å². The number of benzene rings is 4. The number of hydrogen-bond acceptors (Lipinski definition) is 0. The Kier molecular flexibility index (Phi) is 7.93. The van der Waals surface area contributed by atoms with E-state index < -0.39 is 0 Å². The first-order chi connectivity index (χ1) is 21.2. The molecule has 4 aromatic rings. The second-order valence-electron chi connectivity index (χ2n) is 15.8. The molecule has 4 aromatic carbocycles. The van der Waals surface area contributed by atoms with E-state index in [2.05, 4.69) is 166 Å². The van der Waals surface area contributed by atoms with E-state index in [9.17, 15) is 0 Å². The Bertz CT molecular complexity index is 1890. The van der Waals surface area contributed by atoms with Gasteiger partial charge in [0.15, 0.2) is 0 Å². The van der Waals surface area contributed by atoms with Gasteiger partial charge in [0.05, 0.1) is 0 Å². The van der Waals surface area contributed by atoms with Crippen molar-refractivity contribution in [1.29, 1.82) is 0 Å². The Morgan fingerprint density at radius 2 is 1.22 bits per heavy atom. The minimum absolute atomic E-state index is 0.0801. The summed E-state index contributed by atoms with van der Waals surface area (Å²) in [4.78, 5) is 0. The summed E-state index contributed by atoms with van der Waals surface area (Å²) < 4.78 is 0. The SMILES string of the molecule is CC(C)c1ccc(C(c2ccc(C(C)C)cc2)=c2cc3c(c(C4=CC=CC4)c2C(C)(C)C)=Cc2cc(C(C)(C)C)ccc2-3)cc1. The van der Waals surface area contributed by atoms with E-state index in [0.717, 1.165) is 6.42 Å². The number of fused-ring (bicyclic) bond motifs is 3. The molecule has 2 aliphatic rings. The minimum atomic E-state index is -0.0801. The highest BCUT2D eigenvalue weighted by Crippen LogP contribution is 2.38. The molecular weight excluding hydrogens is 540 g/mol. The zero-order valence-electron chi connectivity index (χ0n) is 29.1. The average molecular weight is 591 g/mol. The van der Waals surface area contributed by atoms with Crippen molar-refractivity contribution < 1.29 is 0 Å². The van der Waals surface area contributed by atoms with Gasteiger partial charge in [-0.2, -0.15) is 0 Å². The van der Waals surface area contributed by atoms with Crippen LogP contribution >= 0.6 is 0 Å². The Morgan fingerprint density at radius 1 is 0.644 bits per heavy atom. The van der Waals surface area contributed by atoms with Crippen LogP contribution in [0.5, 0.6) is 0 Å². The second-order valence-corrected chi connectivity index (χ2v) is 15.8. The van der Waals surface area contributed by atoms with Crippen LogP contribution in [0.3, 0.4) is 0 Å². The fourth-order valence-corrected chi connectivity index (χ4v) is 7.11. The maximum Gasteiger partial charge on any atom is -0.00354 e. The van der Waals surface area contributed by atoms with Crippen molar-refractivity contribution in [2.75, 3.05) is 0 Å². The van der Waals surface area contributed by atoms with E-state index in [4.69, 9.17) is 0 Å². The highest BCUT2D eigenvalue weighted by molar-refractivity contribution is 5.91. The van der Waals surface area contributed by atoms with Gasteiger partial charge < -0.3 is 0 Å². The molecule has 0 bridgehead atoms. The summed E-state index contributed by atoms with van der Waals surface area (Å²) >= 11 is 0. The average Bonchev–Trinajstić information content (AvgIpc) is 3.64. The minimum Gasteiger partial charge on any atom is -0.0801 e. The predicted octanol–water partition coefficient (Wildman–Crippen LogP) is 10.9. The lowest BCUT2D eigenvalue weighted by atomic mass is 9.76. The van der Waals surface area contributed by atoms with E-state index in [-0.39, 0.29) is 10.8 Å². The molecule has 0 aliphatic heterocycles. The largest absolute Gasteiger partial charge is 0.0801 e. The van der Waals surface area contributed by atoms with Crippen molar-refractivity contribution >= 4 is 17.2 Å². The highest BCUT2D eigenvalue weighted by Gasteiger charge is 2.29. The van der Waals surface area contributed by atoms with E-state index in [1.54, 1.807) is 0 Å². The second kappa shape index (κ2) is 11.5. The molecule has 0 aromatic heterocycles. The van der Waals surface area contributed by atoms with E-state index in [1.807, 2.05) is 0 Å². The van der Waals surface area contributed by atoms with Crippen LogP contribution in [-0.2, 0) is 10.8 Å². The third kappa shape index (κ3) is 5.81. The van der Waals surface area contributed by atoms with Crippen molar-refractivity contribution in [3.05, 3.63) is 146 Å². The molecule has 0 nitrogen and oxygen atoms in total. The van der Waals surface area contributed by atoms with Gasteiger partial charge in [-0.1, -0.05) is 154 Å². The molecule has 0 radical (unpaired) electrons. The molecule has 0 fully saturated rings. The standard InChI is InChI=1S/C45H50/c1-28(2)30-15-19-33(20-16-30)41(34-21-17-31(18-22-34)29(3)4)40-27-38-37-24-23-36(44(5,6)7)25-35(37)26-39(38)42(32-13-11-12-14-32)43(40)45(8,9)10/h11-13,15-29H,14H2,1-10H3. The Labute approximate surface area is 271 Å². The van der Waals surface area contributed by atoms with Crippen LogP contribution in [0.15, 0.2) is 91.0 Å². The molecule has 0 heterocycles. The van der Waals surface area contributed by atoms with Gasteiger partial charge in [0.1, 0.15) is 0 Å². The van der Waals surface area contributed by atoms with Gasteiger partial charge in [0.25, 0.3) is 0 Å². The van der Waals surface area contributed by atoms with Crippen LogP contribution in [-0.4, -0.2) is 0 Å². The molecule has 0 saturated heterocycles. The molecular formula is C45H50. The normalized spacial score (nSPS) is 14.1. The van der Waals surface area contributed by atoms with Crippen molar-refractivity contribution in [2.45, 2.75) is 98.3 Å². The first-order valence-corrected chi connectivity index (χ1v) is 16.9. The van der Waals surface area contributed by atoms with Crippen LogP contribution in [0.1, 0.15) is 132 Å². The molecule has 0 amide bonds. The van der Waals surface area contributed by atoms with Crippen LogP contribution in [0.2, 0.25) is 0 Å². The van der Waals surface area contributed by atoms with Crippen molar-refractivity contribution in [3.8, 4) is 11.1 Å². The van der Waals surface area contributed by atoms with E-state index in [1.165, 1.54) is 77.2 Å². The topological polar surface area (TPSA) is 0 Å². The Hall–Kier alpha value is -3.90. The van der Waals surface area contributed by atoms with Gasteiger partial charge in [-0.25, -0.2) is 0 Å². The number of rotatable bonds is 5. The Balaban J connectivity index is 1.78. The molecule has 0 atom stereocenters. The van der Waals surface area contributed by atoms with Gasteiger partial charge in [0, 0.05) is 0 Å². The lowest BCUT2D eigenvalue weighted by molar-refractivity contribution is 0.583. The maximum absolute atomic E-state index is 2.53. The quantitative estimate of drug-likeness (QED) is 0.191. The van der Waals surface area contributed by atoms with Crippen molar-refractivity contribution in [2.24, 2.45) is 0 Å². The number of allylic oxidation sites excluding steroid dienone is 4. The molecule has 230 valence electrons. The molecule has 0 spiro atoms. The maximum atomic E-state index is 2.53. The first-order valence-electron chi connectivity index (χ1n) is 16.9. The fourth-order valence-electron chi connectivity index (χ4n) is 7.11. The monoisotopic (exact) mass is 590 g/mol. The van der Waals surface area contributed by atoms with Crippen LogP contribution in [0.4, 0.5) is 0 Å². The zero-order valence-corrected chi connectivity index (χ0v) is 29.1. The van der Waals surface area contributed by atoms with Crippen molar-refractivity contribution in [3.63, 3.8) is 0 Å². The van der Waals surface area contributed by atoms with Gasteiger partial charge >= 0.3 is 0 Å². The van der Waals surface area contributed by atoms with Gasteiger partial charge in [-0.15, -0.1) is 0 Å². The van der Waals surface area contributed by atoms with E-state index >= 15 is 0 Å². The molecule has 2 aliphatic carbocycles. The lowest BCUT2D eigenvalue weighted by Gasteiger charge is -2.28. The summed E-state index contributed by atoms with van der Waals surface area (Å²) in [7, 11) is 0. The summed E-state index contributed by atoms with van der Waals surface area (Å²) in [5.74, 6) is 0.993. The summed E-state index contributed by atoms with van der Waals surface area (Å²) in [6.45, 7) is 23.2. The Morgan fingerprint density at radius 3 is 1.69 bits per heavy atom. The number of hydrogen-bond donors (Lipinski definition) is 0. The molecule has 0 unspecified atom stereocenters. The molecule has 0 saturated carbocycles. The van der Waals surface area contributed by atoms with Crippen LogP contribution in [0, 0.1) is 0 Å². The van der Waals surface area contributed by atoms with Crippen LogP contribution in [0.25, 0.3) is 28.3 Å². The summed E-state index contributed by atoms with van der Waals surface area (Å²) in [6.07, 6.45) is 10.3. The first kappa shape index (κ1) is 31.1. The lowest BCUT2D eigenvalue weighted by Crippen LogP contribution is -2.32.